The Kier molecular flexibility index (Phi) is 3.71. The molecule has 0 atom stereocenters. The second-order valence-corrected chi connectivity index (χ2v) is 3.29. The fraction of sp³-hybridized carbons (Fsp3) is 0.600. The Labute approximate surface area is 89.2 Å². The minimum atomic E-state index is -0.394. The highest BCUT2D eigenvalue weighted by Gasteiger charge is 2.19. The molecule has 0 aliphatic rings. The number of carbonyl (C=O) groups is 1. The van der Waals surface area contributed by atoms with Crippen LogP contribution in [-0.4, -0.2) is 22.4 Å². The van der Waals surface area contributed by atoms with E-state index < -0.39 is 5.97 Å². The molecule has 1 rings (SSSR count). The minimum Gasteiger partial charge on any atom is -0.462 e. The van der Waals surface area contributed by atoms with E-state index in [9.17, 15) is 4.79 Å². The zero-order chi connectivity index (χ0) is 11.4. The molecule has 0 aliphatic carbocycles. The number of rotatable bonds is 4. The second-order valence-electron chi connectivity index (χ2n) is 3.29. The van der Waals surface area contributed by atoms with Crippen LogP contribution in [0.1, 0.15) is 36.3 Å². The van der Waals surface area contributed by atoms with Crippen molar-refractivity contribution in [2.24, 2.45) is 0 Å². The molecule has 0 bridgehead atoms. The van der Waals surface area contributed by atoms with Crippen molar-refractivity contribution in [3.05, 3.63) is 11.3 Å². The van der Waals surface area contributed by atoms with Gasteiger partial charge in [-0.25, -0.2) is 9.48 Å². The third-order valence-electron chi connectivity index (χ3n) is 2.08. The molecular weight excluding hydrogens is 194 g/mol. The van der Waals surface area contributed by atoms with Gasteiger partial charge in [0.2, 0.25) is 0 Å². The highest BCUT2D eigenvalue weighted by atomic mass is 16.5. The van der Waals surface area contributed by atoms with Gasteiger partial charge in [-0.1, -0.05) is 6.92 Å². The van der Waals surface area contributed by atoms with Crippen LogP contribution in [0.3, 0.4) is 0 Å². The molecule has 0 spiro atoms. The third kappa shape index (κ3) is 2.29. The molecular formula is C10H17N3O2. The Balaban J connectivity index is 3.02. The molecule has 0 saturated heterocycles. The molecule has 0 fully saturated rings. The molecule has 0 radical (unpaired) electrons. The maximum atomic E-state index is 11.5. The topological polar surface area (TPSA) is 70.1 Å². The maximum absolute atomic E-state index is 11.5. The molecule has 15 heavy (non-hydrogen) atoms. The van der Waals surface area contributed by atoms with E-state index in [4.69, 9.17) is 10.5 Å². The van der Waals surface area contributed by atoms with Crippen LogP contribution in [0.5, 0.6) is 0 Å². The summed E-state index contributed by atoms with van der Waals surface area (Å²) in [5.74, 6) is 0.00246. The van der Waals surface area contributed by atoms with E-state index in [1.165, 1.54) is 0 Å². The summed E-state index contributed by atoms with van der Waals surface area (Å²) in [4.78, 5) is 11.5. The zero-order valence-electron chi connectivity index (χ0n) is 9.41. The van der Waals surface area contributed by atoms with Gasteiger partial charge < -0.3 is 10.5 Å². The van der Waals surface area contributed by atoms with Crippen molar-refractivity contribution in [2.75, 3.05) is 12.3 Å². The number of esters is 1. The summed E-state index contributed by atoms with van der Waals surface area (Å²) in [6, 6.07) is 0. The fourth-order valence-electron chi connectivity index (χ4n) is 1.44. The van der Waals surface area contributed by atoms with Crippen LogP contribution in [0.2, 0.25) is 0 Å². The summed E-state index contributed by atoms with van der Waals surface area (Å²) >= 11 is 0. The quantitative estimate of drug-likeness (QED) is 0.763. The number of nitrogens with two attached hydrogens (primary N) is 1. The first-order valence-corrected chi connectivity index (χ1v) is 5.11. The first-order chi connectivity index (χ1) is 7.11. The first-order valence-electron chi connectivity index (χ1n) is 5.11. The van der Waals surface area contributed by atoms with E-state index >= 15 is 0 Å². The van der Waals surface area contributed by atoms with Crippen molar-refractivity contribution in [2.45, 2.75) is 33.7 Å². The number of nitrogen functional groups attached to an aromatic ring is 1. The van der Waals surface area contributed by atoms with E-state index in [-0.39, 0.29) is 0 Å². The van der Waals surface area contributed by atoms with E-state index in [1.54, 1.807) is 18.5 Å². The number of aromatic nitrogens is 2. The van der Waals surface area contributed by atoms with Crippen LogP contribution >= 0.6 is 0 Å². The summed E-state index contributed by atoms with van der Waals surface area (Å²) in [6.45, 7) is 6.61. The normalized spacial score (nSPS) is 10.3. The molecule has 0 unspecified atom stereocenters. The van der Waals surface area contributed by atoms with Gasteiger partial charge in [0.05, 0.1) is 12.3 Å². The number of aryl methyl sites for hydroxylation is 2. The van der Waals surface area contributed by atoms with Gasteiger partial charge in [-0.05, 0) is 20.3 Å². The number of hydrogen-bond acceptors (Lipinski definition) is 4. The number of nitrogens with zero attached hydrogens (tertiary/aromatic N) is 2. The lowest BCUT2D eigenvalue weighted by Gasteiger charge is -2.03. The van der Waals surface area contributed by atoms with Gasteiger partial charge in [-0.3, -0.25) is 0 Å². The van der Waals surface area contributed by atoms with Gasteiger partial charge in [0.1, 0.15) is 11.4 Å². The summed E-state index contributed by atoms with van der Waals surface area (Å²) in [6.07, 6.45) is 0.924. The lowest BCUT2D eigenvalue weighted by atomic mass is 10.2. The predicted molar refractivity (Wildman–Crippen MR) is 57.6 cm³/mol. The monoisotopic (exact) mass is 211 g/mol. The standard InChI is InChI=1S/C10H17N3O2/c1-4-6-13-9(11)8(7(3)12-13)10(14)15-5-2/h4-6,11H2,1-3H3. The van der Waals surface area contributed by atoms with Crippen LogP contribution < -0.4 is 5.73 Å². The van der Waals surface area contributed by atoms with Gasteiger partial charge in [-0.2, -0.15) is 5.10 Å². The highest BCUT2D eigenvalue weighted by molar-refractivity contribution is 5.95. The molecule has 1 aromatic rings. The molecule has 5 heteroatoms. The lowest BCUT2D eigenvalue weighted by molar-refractivity contribution is 0.0527. The average Bonchev–Trinajstić information content (AvgIpc) is 2.43. The number of hydrogen-bond donors (Lipinski definition) is 1. The van der Waals surface area contributed by atoms with Crippen LogP contribution in [0.4, 0.5) is 5.82 Å². The van der Waals surface area contributed by atoms with Crippen LogP contribution in [0.15, 0.2) is 0 Å². The van der Waals surface area contributed by atoms with Crippen LogP contribution in [-0.2, 0) is 11.3 Å². The van der Waals surface area contributed by atoms with Crippen LogP contribution in [0, 0.1) is 6.92 Å². The van der Waals surface area contributed by atoms with Gasteiger partial charge in [0.25, 0.3) is 0 Å². The van der Waals surface area contributed by atoms with Crippen molar-refractivity contribution in [1.29, 1.82) is 0 Å². The molecule has 84 valence electrons. The van der Waals surface area contributed by atoms with Crippen molar-refractivity contribution in [3.63, 3.8) is 0 Å². The van der Waals surface area contributed by atoms with Gasteiger partial charge >= 0.3 is 5.97 Å². The number of anilines is 1. The maximum Gasteiger partial charge on any atom is 0.343 e. The van der Waals surface area contributed by atoms with Gasteiger partial charge in [0, 0.05) is 6.54 Å². The predicted octanol–water partition coefficient (Wildman–Crippen LogP) is 1.36. The summed E-state index contributed by atoms with van der Waals surface area (Å²) in [7, 11) is 0. The third-order valence-corrected chi connectivity index (χ3v) is 2.08. The molecule has 1 heterocycles. The van der Waals surface area contributed by atoms with Crippen LogP contribution in [0.25, 0.3) is 0 Å². The summed E-state index contributed by atoms with van der Waals surface area (Å²) in [5.41, 5.74) is 6.84. The Morgan fingerprint density at radius 1 is 1.53 bits per heavy atom. The molecule has 0 saturated carbocycles. The molecule has 0 aliphatic heterocycles. The number of carbonyl (C=O) groups excluding carboxylic acids is 1. The second kappa shape index (κ2) is 4.82. The summed E-state index contributed by atoms with van der Waals surface area (Å²) in [5, 5.41) is 4.19. The van der Waals surface area contributed by atoms with Crippen molar-refractivity contribution >= 4 is 11.8 Å². The Morgan fingerprint density at radius 2 is 2.20 bits per heavy atom. The Bertz CT molecular complexity index is 358. The van der Waals surface area contributed by atoms with Crippen molar-refractivity contribution in [3.8, 4) is 0 Å². The van der Waals surface area contributed by atoms with Crippen molar-refractivity contribution < 1.29 is 9.53 Å². The Hall–Kier alpha value is -1.52. The van der Waals surface area contributed by atoms with E-state index in [0.717, 1.165) is 6.42 Å². The summed E-state index contributed by atoms with van der Waals surface area (Å²) < 4.78 is 6.55. The minimum absolute atomic E-state index is 0.344. The van der Waals surface area contributed by atoms with E-state index in [1.807, 2.05) is 6.92 Å². The Morgan fingerprint density at radius 3 is 2.73 bits per heavy atom. The molecule has 1 aromatic heterocycles. The largest absolute Gasteiger partial charge is 0.462 e. The van der Waals surface area contributed by atoms with Gasteiger partial charge in [-0.15, -0.1) is 0 Å². The molecule has 0 aromatic carbocycles. The zero-order valence-corrected chi connectivity index (χ0v) is 9.41. The van der Waals surface area contributed by atoms with E-state index in [0.29, 0.717) is 30.2 Å². The van der Waals surface area contributed by atoms with Gasteiger partial charge in [0.15, 0.2) is 0 Å². The van der Waals surface area contributed by atoms with Crippen molar-refractivity contribution in [1.82, 2.24) is 9.78 Å². The number of ether oxygens (including phenoxy) is 1. The fourth-order valence-corrected chi connectivity index (χ4v) is 1.44. The first kappa shape index (κ1) is 11.6. The smallest absolute Gasteiger partial charge is 0.343 e. The lowest BCUT2D eigenvalue weighted by Crippen LogP contribution is -2.10. The SMILES string of the molecule is CCCn1nc(C)c(C(=O)OCC)c1N. The molecule has 0 amide bonds. The molecule has 2 N–H and O–H groups in total. The van der Waals surface area contributed by atoms with E-state index in [2.05, 4.69) is 5.10 Å². The highest BCUT2D eigenvalue weighted by Crippen LogP contribution is 2.17. The average molecular weight is 211 g/mol. The molecule has 5 nitrogen and oxygen atoms in total.